The monoisotopic (exact) mass is 219 g/mol. The number of hydrogen-bond acceptors (Lipinski definition) is 3. The first-order valence-electron chi connectivity index (χ1n) is 4.80. The van der Waals surface area contributed by atoms with Crippen molar-refractivity contribution in [3.8, 4) is 0 Å². The van der Waals surface area contributed by atoms with Crippen molar-refractivity contribution in [1.29, 1.82) is 0 Å². The van der Waals surface area contributed by atoms with Gasteiger partial charge in [0.05, 0.1) is 11.8 Å². The van der Waals surface area contributed by atoms with Gasteiger partial charge in [0.2, 0.25) is 0 Å². The third-order valence-electron chi connectivity index (χ3n) is 1.91. The van der Waals surface area contributed by atoms with Gasteiger partial charge in [0, 0.05) is 5.56 Å². The van der Waals surface area contributed by atoms with Crippen LogP contribution in [0.2, 0.25) is 0 Å². The summed E-state index contributed by atoms with van der Waals surface area (Å²) in [5.41, 5.74) is 0.548. The van der Waals surface area contributed by atoms with Gasteiger partial charge in [-0.3, -0.25) is 4.79 Å². The van der Waals surface area contributed by atoms with E-state index in [1.807, 2.05) is 6.07 Å². The predicted octanol–water partition coefficient (Wildman–Crippen LogP) is 1.54. The van der Waals surface area contributed by atoms with Crippen LogP contribution in [0.5, 0.6) is 0 Å². The van der Waals surface area contributed by atoms with Gasteiger partial charge in [0.1, 0.15) is 6.67 Å². The molecule has 1 aromatic rings. The number of nitrogens with zero attached hydrogens (tertiary/aromatic N) is 2. The molecule has 1 N–H and O–H groups in total. The van der Waals surface area contributed by atoms with Crippen LogP contribution in [-0.2, 0) is 0 Å². The summed E-state index contributed by atoms with van der Waals surface area (Å²) < 4.78 is 0. The molecule has 84 valence electrons. The molecule has 0 heterocycles. The molecule has 0 spiro atoms. The Labute approximate surface area is 93.7 Å². The Morgan fingerprint density at radius 2 is 2.12 bits per heavy atom. The van der Waals surface area contributed by atoms with Gasteiger partial charge in [-0.05, 0) is 12.1 Å². The number of nitroso groups, excluding NO2 is 1. The maximum atomic E-state index is 11.6. The summed E-state index contributed by atoms with van der Waals surface area (Å²) in [6.07, 6.45) is 1.54. The third-order valence-corrected chi connectivity index (χ3v) is 1.91. The molecule has 0 atom stereocenters. The van der Waals surface area contributed by atoms with E-state index in [4.69, 9.17) is 0 Å². The molecule has 0 radical (unpaired) electrons. The van der Waals surface area contributed by atoms with E-state index in [1.54, 1.807) is 24.3 Å². The molecule has 0 fully saturated rings. The number of hydrogen-bond donors (Lipinski definition) is 1. The lowest BCUT2D eigenvalue weighted by atomic mass is 10.2. The largest absolute Gasteiger partial charge is 0.333 e. The fraction of sp³-hybridized carbons (Fsp3) is 0.182. The zero-order valence-corrected chi connectivity index (χ0v) is 8.80. The number of amides is 1. The van der Waals surface area contributed by atoms with E-state index in [0.717, 1.165) is 5.01 Å². The number of benzene rings is 1. The Hall–Kier alpha value is -2.17. The Kier molecular flexibility index (Phi) is 4.72. The molecule has 5 nitrogen and oxygen atoms in total. The van der Waals surface area contributed by atoms with Gasteiger partial charge < -0.3 is 5.32 Å². The average molecular weight is 219 g/mol. The van der Waals surface area contributed by atoms with E-state index in [1.165, 1.54) is 6.08 Å². The second kappa shape index (κ2) is 6.34. The van der Waals surface area contributed by atoms with Gasteiger partial charge in [-0.2, -0.15) is 0 Å². The number of carbonyl (C=O) groups excluding carboxylic acids is 1. The molecule has 16 heavy (non-hydrogen) atoms. The molecule has 0 saturated heterocycles. The minimum atomic E-state index is -0.238. The van der Waals surface area contributed by atoms with Crippen LogP contribution in [-0.4, -0.2) is 24.1 Å². The van der Waals surface area contributed by atoms with Gasteiger partial charge >= 0.3 is 0 Å². The standard InChI is InChI=1S/C11H13N3O2/c1-2-8-14(13-16)9-12-11(15)10-6-4-3-5-7-10/h2-7H,1,8-9H2,(H,12,15). The minimum absolute atomic E-state index is 0.0727. The SMILES string of the molecule is C=CCN(CNC(=O)c1ccccc1)N=O. The molecule has 1 amide bonds. The van der Waals surface area contributed by atoms with E-state index in [9.17, 15) is 9.70 Å². The Bertz CT molecular complexity index is 365. The highest BCUT2D eigenvalue weighted by atomic mass is 16.3. The summed E-state index contributed by atoms with van der Waals surface area (Å²) in [4.78, 5) is 21.9. The van der Waals surface area contributed by atoms with Gasteiger partial charge in [-0.25, -0.2) is 5.01 Å². The fourth-order valence-corrected chi connectivity index (χ4v) is 1.13. The Morgan fingerprint density at radius 3 is 2.69 bits per heavy atom. The molecule has 1 rings (SSSR count). The van der Waals surface area contributed by atoms with Gasteiger partial charge in [0.25, 0.3) is 5.91 Å². The second-order valence-electron chi connectivity index (χ2n) is 3.09. The van der Waals surface area contributed by atoms with Crippen LogP contribution >= 0.6 is 0 Å². The highest BCUT2D eigenvalue weighted by Gasteiger charge is 2.06. The molecule has 0 aliphatic carbocycles. The zero-order chi connectivity index (χ0) is 11.8. The van der Waals surface area contributed by atoms with E-state index in [-0.39, 0.29) is 12.6 Å². The fourth-order valence-electron chi connectivity index (χ4n) is 1.13. The second-order valence-corrected chi connectivity index (χ2v) is 3.09. The van der Waals surface area contributed by atoms with Crippen LogP contribution in [0.4, 0.5) is 0 Å². The quantitative estimate of drug-likeness (QED) is 0.341. The first-order valence-corrected chi connectivity index (χ1v) is 4.80. The van der Waals surface area contributed by atoms with E-state index < -0.39 is 0 Å². The van der Waals surface area contributed by atoms with Crippen molar-refractivity contribution in [3.05, 3.63) is 53.5 Å². The summed E-state index contributed by atoms with van der Waals surface area (Å²) in [6.45, 7) is 3.86. The topological polar surface area (TPSA) is 61.8 Å². The highest BCUT2D eigenvalue weighted by Crippen LogP contribution is 1.97. The molecular weight excluding hydrogens is 206 g/mol. The summed E-state index contributed by atoms with van der Waals surface area (Å²) >= 11 is 0. The maximum Gasteiger partial charge on any atom is 0.252 e. The van der Waals surface area contributed by atoms with Crippen molar-refractivity contribution in [2.45, 2.75) is 0 Å². The smallest absolute Gasteiger partial charge is 0.252 e. The highest BCUT2D eigenvalue weighted by molar-refractivity contribution is 5.94. The van der Waals surface area contributed by atoms with Crippen LogP contribution in [0.1, 0.15) is 10.4 Å². The average Bonchev–Trinajstić information content (AvgIpc) is 2.35. The van der Waals surface area contributed by atoms with Gasteiger partial charge in [-0.1, -0.05) is 24.3 Å². The predicted molar refractivity (Wildman–Crippen MR) is 61.5 cm³/mol. The van der Waals surface area contributed by atoms with Crippen molar-refractivity contribution in [3.63, 3.8) is 0 Å². The molecule has 1 aromatic carbocycles. The summed E-state index contributed by atoms with van der Waals surface area (Å²) in [5.74, 6) is -0.238. The molecule has 0 bridgehead atoms. The molecule has 0 unspecified atom stereocenters. The van der Waals surface area contributed by atoms with Crippen molar-refractivity contribution in [2.75, 3.05) is 13.2 Å². The molecular formula is C11H13N3O2. The lowest BCUT2D eigenvalue weighted by molar-refractivity contribution is 0.0926. The molecule has 0 saturated carbocycles. The Balaban J connectivity index is 2.46. The third kappa shape index (κ3) is 3.53. The lowest BCUT2D eigenvalue weighted by Gasteiger charge is -2.13. The molecule has 0 aliphatic heterocycles. The van der Waals surface area contributed by atoms with Crippen molar-refractivity contribution in [1.82, 2.24) is 10.3 Å². The Morgan fingerprint density at radius 1 is 1.44 bits per heavy atom. The maximum absolute atomic E-state index is 11.6. The van der Waals surface area contributed by atoms with Crippen molar-refractivity contribution < 1.29 is 4.79 Å². The van der Waals surface area contributed by atoms with Crippen LogP contribution in [0.15, 0.2) is 48.3 Å². The number of rotatable bonds is 6. The van der Waals surface area contributed by atoms with Crippen LogP contribution in [0.3, 0.4) is 0 Å². The first-order chi connectivity index (χ1) is 7.77. The molecule has 5 heteroatoms. The van der Waals surface area contributed by atoms with Gasteiger partial charge in [-0.15, -0.1) is 11.5 Å². The van der Waals surface area contributed by atoms with E-state index >= 15 is 0 Å². The van der Waals surface area contributed by atoms with Crippen LogP contribution in [0, 0.1) is 4.91 Å². The van der Waals surface area contributed by atoms with Crippen LogP contribution in [0.25, 0.3) is 0 Å². The van der Waals surface area contributed by atoms with Gasteiger partial charge in [0.15, 0.2) is 0 Å². The zero-order valence-electron chi connectivity index (χ0n) is 8.80. The summed E-state index contributed by atoms with van der Waals surface area (Å²) in [7, 11) is 0. The normalized spacial score (nSPS) is 9.25. The summed E-state index contributed by atoms with van der Waals surface area (Å²) in [6, 6.07) is 8.76. The van der Waals surface area contributed by atoms with Crippen LogP contribution < -0.4 is 5.32 Å². The number of nitrogens with one attached hydrogen (secondary N) is 1. The first kappa shape index (κ1) is 11.9. The molecule has 0 aromatic heterocycles. The number of carbonyl (C=O) groups is 1. The van der Waals surface area contributed by atoms with Crippen molar-refractivity contribution >= 4 is 5.91 Å². The van der Waals surface area contributed by atoms with Crippen molar-refractivity contribution in [2.24, 2.45) is 5.29 Å². The minimum Gasteiger partial charge on any atom is -0.333 e. The lowest BCUT2D eigenvalue weighted by Crippen LogP contribution is -2.34. The van der Waals surface area contributed by atoms with E-state index in [0.29, 0.717) is 12.1 Å². The van der Waals surface area contributed by atoms with E-state index in [2.05, 4.69) is 17.2 Å². The molecule has 0 aliphatic rings. The summed E-state index contributed by atoms with van der Waals surface area (Å²) in [5, 5.41) is 6.48.